The molecule has 0 atom stereocenters. The predicted octanol–water partition coefficient (Wildman–Crippen LogP) is 2.72. The molecule has 8 heteroatoms. The van der Waals surface area contributed by atoms with E-state index < -0.39 is 4.92 Å². The highest BCUT2D eigenvalue weighted by Crippen LogP contribution is 2.30. The summed E-state index contributed by atoms with van der Waals surface area (Å²) in [5.41, 5.74) is 5.81. The predicted molar refractivity (Wildman–Crippen MR) is 69.4 cm³/mol. The number of nitro groups is 1. The molecule has 0 spiro atoms. The summed E-state index contributed by atoms with van der Waals surface area (Å²) < 4.78 is 5.36. The molecule has 0 unspecified atom stereocenters. The van der Waals surface area contributed by atoms with Crippen LogP contribution in [0.25, 0.3) is 0 Å². The van der Waals surface area contributed by atoms with Gasteiger partial charge in [-0.05, 0) is 30.7 Å². The largest absolute Gasteiger partial charge is 0.434 e. The molecule has 0 amide bonds. The van der Waals surface area contributed by atoms with Crippen LogP contribution in [-0.4, -0.2) is 14.9 Å². The van der Waals surface area contributed by atoms with Crippen LogP contribution < -0.4 is 10.5 Å². The molecule has 7 nitrogen and oxygen atoms in total. The summed E-state index contributed by atoms with van der Waals surface area (Å²) >= 11 is 5.88. The van der Waals surface area contributed by atoms with E-state index in [0.717, 1.165) is 11.8 Å². The third-order valence-corrected chi connectivity index (χ3v) is 2.72. The van der Waals surface area contributed by atoms with E-state index >= 15 is 0 Å². The number of nitrogens with two attached hydrogens (primary N) is 1. The Morgan fingerprint density at radius 2 is 2.21 bits per heavy atom. The van der Waals surface area contributed by atoms with Gasteiger partial charge in [0.2, 0.25) is 5.95 Å². The minimum absolute atomic E-state index is 0.105. The zero-order valence-electron chi connectivity index (χ0n) is 9.83. The first-order chi connectivity index (χ1) is 8.97. The number of ether oxygens (including phenoxy) is 1. The van der Waals surface area contributed by atoms with Crippen molar-refractivity contribution in [1.82, 2.24) is 9.97 Å². The van der Waals surface area contributed by atoms with Gasteiger partial charge in [-0.2, -0.15) is 4.98 Å². The number of hydrogen-bond acceptors (Lipinski definition) is 6. The summed E-state index contributed by atoms with van der Waals surface area (Å²) in [5, 5.41) is 11.4. The molecule has 1 heterocycles. The Labute approximate surface area is 113 Å². The number of hydrogen-bond donors (Lipinski definition) is 1. The van der Waals surface area contributed by atoms with Gasteiger partial charge in [0.25, 0.3) is 0 Å². The van der Waals surface area contributed by atoms with E-state index in [4.69, 9.17) is 22.1 Å². The van der Waals surface area contributed by atoms with Crippen molar-refractivity contribution < 1.29 is 9.66 Å². The van der Waals surface area contributed by atoms with Crippen LogP contribution >= 0.6 is 11.6 Å². The Bertz CT molecular complexity index is 648. The number of nitrogen functional groups attached to an aromatic ring is 1. The second-order valence-electron chi connectivity index (χ2n) is 3.69. The second-order valence-corrected chi connectivity index (χ2v) is 4.10. The maximum absolute atomic E-state index is 10.8. The number of halogens is 1. The molecule has 2 rings (SSSR count). The van der Waals surface area contributed by atoms with Gasteiger partial charge in [0.05, 0.1) is 4.92 Å². The first-order valence-electron chi connectivity index (χ1n) is 5.18. The van der Waals surface area contributed by atoms with E-state index in [1.807, 2.05) is 0 Å². The van der Waals surface area contributed by atoms with Crippen LogP contribution in [0.2, 0.25) is 5.02 Å². The summed E-state index contributed by atoms with van der Waals surface area (Å²) in [6.07, 6.45) is 1.00. The van der Waals surface area contributed by atoms with E-state index in [0.29, 0.717) is 10.8 Å². The quantitative estimate of drug-likeness (QED) is 0.684. The summed E-state index contributed by atoms with van der Waals surface area (Å²) in [5.74, 6) is 0.0635. The normalized spacial score (nSPS) is 10.2. The highest BCUT2D eigenvalue weighted by molar-refractivity contribution is 6.31. The topological polar surface area (TPSA) is 104 Å². The number of benzene rings is 1. The molecule has 0 radical (unpaired) electrons. The summed E-state index contributed by atoms with van der Waals surface area (Å²) in [6.45, 7) is 1.79. The van der Waals surface area contributed by atoms with E-state index in [9.17, 15) is 10.1 Å². The van der Waals surface area contributed by atoms with Crippen LogP contribution in [0.3, 0.4) is 0 Å². The fourth-order valence-corrected chi connectivity index (χ4v) is 1.48. The smallest absolute Gasteiger partial charge is 0.349 e. The molecule has 2 N–H and O–H groups in total. The van der Waals surface area contributed by atoms with E-state index in [2.05, 4.69) is 9.97 Å². The zero-order valence-corrected chi connectivity index (χ0v) is 10.6. The van der Waals surface area contributed by atoms with Crippen LogP contribution in [0.15, 0.2) is 24.4 Å². The monoisotopic (exact) mass is 280 g/mol. The molecule has 1 aromatic carbocycles. The van der Waals surface area contributed by atoms with Crippen LogP contribution in [0.4, 0.5) is 11.6 Å². The first-order valence-corrected chi connectivity index (χ1v) is 5.56. The zero-order chi connectivity index (χ0) is 14.0. The van der Waals surface area contributed by atoms with Gasteiger partial charge in [0.1, 0.15) is 11.9 Å². The van der Waals surface area contributed by atoms with Gasteiger partial charge in [-0.25, -0.2) is 4.98 Å². The maximum atomic E-state index is 10.8. The first kappa shape index (κ1) is 13.0. The van der Waals surface area contributed by atoms with Gasteiger partial charge >= 0.3 is 11.6 Å². The van der Waals surface area contributed by atoms with Crippen molar-refractivity contribution in [2.75, 3.05) is 5.73 Å². The van der Waals surface area contributed by atoms with Gasteiger partial charge in [0.15, 0.2) is 0 Å². The highest BCUT2D eigenvalue weighted by atomic mass is 35.5. The van der Waals surface area contributed by atoms with Gasteiger partial charge < -0.3 is 10.5 Å². The molecule has 2 aromatic rings. The van der Waals surface area contributed by atoms with Gasteiger partial charge in [-0.15, -0.1) is 0 Å². The summed E-state index contributed by atoms with van der Waals surface area (Å²) in [7, 11) is 0. The molecule has 0 aliphatic rings. The maximum Gasteiger partial charge on any atom is 0.349 e. The van der Waals surface area contributed by atoms with Gasteiger partial charge in [-0.3, -0.25) is 10.1 Å². The van der Waals surface area contributed by atoms with Gasteiger partial charge in [0, 0.05) is 5.02 Å². The van der Waals surface area contributed by atoms with Crippen LogP contribution in [0.1, 0.15) is 5.56 Å². The number of aromatic nitrogens is 2. The van der Waals surface area contributed by atoms with Crippen molar-refractivity contribution in [1.29, 1.82) is 0 Å². The SMILES string of the molecule is Cc1cc(Oc2nc(N)ncc2[N+](=O)[O-])ccc1Cl. The van der Waals surface area contributed by atoms with Crippen molar-refractivity contribution in [3.8, 4) is 11.6 Å². The lowest BCUT2D eigenvalue weighted by Crippen LogP contribution is -2.01. The second kappa shape index (κ2) is 5.07. The molecule has 98 valence electrons. The van der Waals surface area contributed by atoms with Crippen LogP contribution in [0, 0.1) is 17.0 Å². The van der Waals surface area contributed by atoms with Crippen LogP contribution in [-0.2, 0) is 0 Å². The Kier molecular flexibility index (Phi) is 3.48. The third-order valence-electron chi connectivity index (χ3n) is 2.29. The van der Waals surface area contributed by atoms with Crippen molar-refractivity contribution >= 4 is 23.2 Å². The molecular formula is C11H9ClN4O3. The van der Waals surface area contributed by atoms with Crippen molar-refractivity contribution in [2.45, 2.75) is 6.92 Å². The fraction of sp³-hybridized carbons (Fsp3) is 0.0909. The van der Waals surface area contributed by atoms with E-state index in [1.165, 1.54) is 0 Å². The Hall–Kier alpha value is -2.41. The minimum Gasteiger partial charge on any atom is -0.434 e. The number of rotatable bonds is 3. The lowest BCUT2D eigenvalue weighted by molar-refractivity contribution is -0.386. The Morgan fingerprint density at radius 3 is 2.84 bits per heavy atom. The molecule has 19 heavy (non-hydrogen) atoms. The lowest BCUT2D eigenvalue weighted by Gasteiger charge is -2.06. The molecule has 0 aliphatic carbocycles. The third kappa shape index (κ3) is 2.89. The highest BCUT2D eigenvalue weighted by Gasteiger charge is 2.19. The standard InChI is InChI=1S/C11H9ClN4O3/c1-6-4-7(2-3-8(6)12)19-10-9(16(17)18)5-14-11(13)15-10/h2-5H,1H3,(H2,13,14,15). The number of anilines is 1. The van der Waals surface area contributed by atoms with E-state index in [-0.39, 0.29) is 17.5 Å². The minimum atomic E-state index is -0.641. The number of aryl methyl sites for hydroxylation is 1. The van der Waals surface area contributed by atoms with Crippen LogP contribution in [0.5, 0.6) is 11.6 Å². The summed E-state index contributed by atoms with van der Waals surface area (Å²) in [6, 6.07) is 4.85. The fourth-order valence-electron chi connectivity index (χ4n) is 1.37. The molecular weight excluding hydrogens is 272 g/mol. The van der Waals surface area contributed by atoms with Crippen molar-refractivity contribution in [3.05, 3.63) is 45.1 Å². The molecule has 0 saturated heterocycles. The van der Waals surface area contributed by atoms with Crippen molar-refractivity contribution in [2.24, 2.45) is 0 Å². The average molecular weight is 281 g/mol. The molecule has 0 fully saturated rings. The molecule has 0 bridgehead atoms. The van der Waals surface area contributed by atoms with Crippen molar-refractivity contribution in [3.63, 3.8) is 0 Å². The molecule has 1 aromatic heterocycles. The average Bonchev–Trinajstić information content (AvgIpc) is 2.33. The van der Waals surface area contributed by atoms with E-state index in [1.54, 1.807) is 25.1 Å². The number of nitrogens with zero attached hydrogens (tertiary/aromatic N) is 3. The Morgan fingerprint density at radius 1 is 1.47 bits per heavy atom. The van der Waals surface area contributed by atoms with Gasteiger partial charge in [-0.1, -0.05) is 11.6 Å². The molecule has 0 saturated carbocycles. The Balaban J connectivity index is 2.39. The summed E-state index contributed by atoms with van der Waals surface area (Å²) in [4.78, 5) is 17.5. The lowest BCUT2D eigenvalue weighted by atomic mass is 10.2. The molecule has 0 aliphatic heterocycles.